The van der Waals surface area contributed by atoms with E-state index in [1.165, 1.54) is 11.1 Å². The Morgan fingerprint density at radius 3 is 2.08 bits per heavy atom. The van der Waals surface area contributed by atoms with Crippen LogP contribution in [0.5, 0.6) is 0 Å². The Morgan fingerprint density at radius 2 is 1.58 bits per heavy atom. The van der Waals surface area contributed by atoms with Crippen LogP contribution in [0.4, 0.5) is 0 Å². The normalized spacial score (nSPS) is 16.8. The van der Waals surface area contributed by atoms with Gasteiger partial charge in [-0.1, -0.05) is 60.7 Å². The van der Waals surface area contributed by atoms with Crippen molar-refractivity contribution in [2.75, 3.05) is 13.2 Å². The van der Waals surface area contributed by atoms with Crippen LogP contribution < -0.4 is 5.32 Å². The lowest BCUT2D eigenvalue weighted by atomic mass is 10.2. The van der Waals surface area contributed by atoms with E-state index in [-0.39, 0.29) is 0 Å². The predicted molar refractivity (Wildman–Crippen MR) is 102 cm³/mol. The summed E-state index contributed by atoms with van der Waals surface area (Å²) < 4.78 is 5.68. The maximum absolute atomic E-state index is 5.68. The summed E-state index contributed by atoms with van der Waals surface area (Å²) in [5, 5.41) is 4.19. The van der Waals surface area contributed by atoms with E-state index >= 15 is 0 Å². The number of nitrogens with one attached hydrogen (secondary N) is 1. The van der Waals surface area contributed by atoms with Crippen LogP contribution in [-0.2, 0) is 17.8 Å². The quantitative estimate of drug-likeness (QED) is 0.810. The van der Waals surface area contributed by atoms with Gasteiger partial charge in [-0.2, -0.15) is 0 Å². The van der Waals surface area contributed by atoms with Gasteiger partial charge in [0.25, 0.3) is 0 Å². The smallest absolute Gasteiger partial charge is 0.169 e. The molecule has 1 aliphatic heterocycles. The molecule has 0 amide bonds. The van der Waals surface area contributed by atoms with Gasteiger partial charge in [-0.25, -0.2) is 0 Å². The monoisotopic (exact) mass is 340 g/mol. The van der Waals surface area contributed by atoms with Crippen molar-refractivity contribution in [3.8, 4) is 0 Å². The van der Waals surface area contributed by atoms with Crippen molar-refractivity contribution >= 4 is 17.3 Å². The minimum Gasteiger partial charge on any atom is -0.376 e. The summed E-state index contributed by atoms with van der Waals surface area (Å²) in [6.45, 7) is 3.26. The molecule has 0 aromatic heterocycles. The molecule has 4 heteroatoms. The first-order valence-corrected chi connectivity index (χ1v) is 8.94. The highest BCUT2D eigenvalue weighted by Gasteiger charge is 2.17. The summed E-state index contributed by atoms with van der Waals surface area (Å²) in [4.78, 5) is 2.22. The van der Waals surface area contributed by atoms with Gasteiger partial charge >= 0.3 is 0 Å². The van der Waals surface area contributed by atoms with Gasteiger partial charge < -0.3 is 15.0 Å². The van der Waals surface area contributed by atoms with Crippen LogP contribution >= 0.6 is 12.2 Å². The van der Waals surface area contributed by atoms with Crippen molar-refractivity contribution in [2.24, 2.45) is 0 Å². The minimum absolute atomic E-state index is 0.290. The topological polar surface area (TPSA) is 24.5 Å². The molecule has 1 N–H and O–H groups in total. The largest absolute Gasteiger partial charge is 0.376 e. The highest BCUT2D eigenvalue weighted by molar-refractivity contribution is 7.80. The summed E-state index contributed by atoms with van der Waals surface area (Å²) in [6, 6.07) is 20.9. The fourth-order valence-corrected chi connectivity index (χ4v) is 3.14. The van der Waals surface area contributed by atoms with Crippen molar-refractivity contribution < 1.29 is 4.74 Å². The third-order valence-electron chi connectivity index (χ3n) is 4.22. The second kappa shape index (κ2) is 8.81. The summed E-state index contributed by atoms with van der Waals surface area (Å²) in [5.41, 5.74) is 2.52. The Balaban J connectivity index is 1.64. The van der Waals surface area contributed by atoms with Gasteiger partial charge in [0.1, 0.15) is 0 Å². The lowest BCUT2D eigenvalue weighted by Gasteiger charge is -2.27. The number of thiocarbonyl (C=S) groups is 1. The molecule has 1 aliphatic rings. The number of nitrogens with zero attached hydrogens (tertiary/aromatic N) is 1. The molecule has 2 aromatic carbocycles. The van der Waals surface area contributed by atoms with Gasteiger partial charge in [0.2, 0.25) is 0 Å². The molecule has 1 saturated heterocycles. The van der Waals surface area contributed by atoms with Crippen LogP contribution in [0.15, 0.2) is 60.7 Å². The first-order valence-electron chi connectivity index (χ1n) is 8.53. The van der Waals surface area contributed by atoms with E-state index < -0.39 is 0 Å². The van der Waals surface area contributed by atoms with Crippen LogP contribution in [0.25, 0.3) is 0 Å². The van der Waals surface area contributed by atoms with E-state index in [9.17, 15) is 0 Å². The Hall–Kier alpha value is -1.91. The van der Waals surface area contributed by atoms with Crippen molar-refractivity contribution in [1.29, 1.82) is 0 Å². The van der Waals surface area contributed by atoms with Crippen LogP contribution in [0.2, 0.25) is 0 Å². The Morgan fingerprint density at radius 1 is 1.00 bits per heavy atom. The molecule has 3 nitrogen and oxygen atoms in total. The van der Waals surface area contributed by atoms with Crippen LogP contribution in [0.3, 0.4) is 0 Å². The molecule has 24 heavy (non-hydrogen) atoms. The molecule has 0 radical (unpaired) electrons. The Labute approximate surface area is 149 Å². The molecule has 0 aliphatic carbocycles. The van der Waals surface area contributed by atoms with E-state index in [2.05, 4.69) is 58.7 Å². The predicted octanol–water partition coefficient (Wildman–Crippen LogP) is 3.74. The zero-order valence-electron chi connectivity index (χ0n) is 13.9. The maximum atomic E-state index is 5.68. The maximum Gasteiger partial charge on any atom is 0.169 e. The Kier molecular flexibility index (Phi) is 6.21. The van der Waals surface area contributed by atoms with Gasteiger partial charge in [0, 0.05) is 26.2 Å². The molecule has 3 rings (SSSR count). The van der Waals surface area contributed by atoms with Gasteiger partial charge in [-0.15, -0.1) is 0 Å². The highest BCUT2D eigenvalue weighted by Crippen LogP contribution is 2.13. The average Bonchev–Trinajstić information content (AvgIpc) is 3.14. The molecule has 0 spiro atoms. The number of hydrogen-bond acceptors (Lipinski definition) is 2. The second-order valence-corrected chi connectivity index (χ2v) is 6.54. The van der Waals surface area contributed by atoms with Crippen molar-refractivity contribution in [3.05, 3.63) is 71.8 Å². The highest BCUT2D eigenvalue weighted by atomic mass is 32.1. The lowest BCUT2D eigenvalue weighted by Crippen LogP contribution is -2.41. The van der Waals surface area contributed by atoms with Gasteiger partial charge in [0.15, 0.2) is 5.11 Å². The number of benzene rings is 2. The van der Waals surface area contributed by atoms with Crippen LogP contribution in [0, 0.1) is 0 Å². The standard InChI is InChI=1S/C20H24N2OS/c24-20(21-14-19-12-7-13-23-19)22(15-17-8-3-1-4-9-17)16-18-10-5-2-6-11-18/h1-6,8-11,19H,7,12-16H2,(H,21,24)/t19-/m0/s1. The molecule has 0 bridgehead atoms. The van der Waals surface area contributed by atoms with Crippen molar-refractivity contribution in [2.45, 2.75) is 32.0 Å². The van der Waals surface area contributed by atoms with E-state index in [1.807, 2.05) is 12.1 Å². The summed E-state index contributed by atoms with van der Waals surface area (Å²) in [6.07, 6.45) is 2.56. The van der Waals surface area contributed by atoms with E-state index in [0.29, 0.717) is 6.10 Å². The SMILES string of the molecule is S=C(NC[C@@H]1CCCO1)N(Cc1ccccc1)Cc1ccccc1. The molecule has 0 saturated carbocycles. The summed E-state index contributed by atoms with van der Waals surface area (Å²) in [5.74, 6) is 0. The number of ether oxygens (including phenoxy) is 1. The minimum atomic E-state index is 0.290. The van der Waals surface area contributed by atoms with Crippen molar-refractivity contribution in [1.82, 2.24) is 10.2 Å². The summed E-state index contributed by atoms with van der Waals surface area (Å²) >= 11 is 5.67. The van der Waals surface area contributed by atoms with E-state index in [1.54, 1.807) is 0 Å². The molecule has 1 atom stereocenters. The van der Waals surface area contributed by atoms with E-state index in [0.717, 1.165) is 44.2 Å². The first-order chi connectivity index (χ1) is 11.8. The molecule has 0 unspecified atom stereocenters. The third kappa shape index (κ3) is 5.05. The molecule has 1 fully saturated rings. The van der Waals surface area contributed by atoms with E-state index in [4.69, 9.17) is 17.0 Å². The second-order valence-electron chi connectivity index (χ2n) is 6.15. The molecule has 1 heterocycles. The number of hydrogen-bond donors (Lipinski definition) is 1. The first kappa shape index (κ1) is 16.9. The van der Waals surface area contributed by atoms with Gasteiger partial charge in [0.05, 0.1) is 6.10 Å². The van der Waals surface area contributed by atoms with Crippen LogP contribution in [0.1, 0.15) is 24.0 Å². The fourth-order valence-electron chi connectivity index (χ4n) is 2.93. The molecule has 2 aromatic rings. The van der Waals surface area contributed by atoms with Gasteiger partial charge in [-0.3, -0.25) is 0 Å². The fraction of sp³-hybridized carbons (Fsp3) is 0.350. The summed E-state index contributed by atoms with van der Waals surface area (Å²) in [7, 11) is 0. The van der Waals surface area contributed by atoms with Crippen molar-refractivity contribution in [3.63, 3.8) is 0 Å². The molecular weight excluding hydrogens is 316 g/mol. The van der Waals surface area contributed by atoms with Gasteiger partial charge in [-0.05, 0) is 36.2 Å². The third-order valence-corrected chi connectivity index (χ3v) is 4.63. The zero-order valence-corrected chi connectivity index (χ0v) is 14.7. The number of rotatable bonds is 6. The lowest BCUT2D eigenvalue weighted by molar-refractivity contribution is 0.113. The Bertz CT molecular complexity index is 585. The zero-order chi connectivity index (χ0) is 16.6. The van der Waals surface area contributed by atoms with Crippen LogP contribution in [-0.4, -0.2) is 29.3 Å². The molecular formula is C20H24N2OS. The molecule has 126 valence electrons. The average molecular weight is 340 g/mol.